The Labute approximate surface area is 67.3 Å². The van der Waals surface area contributed by atoms with Gasteiger partial charge in [0.05, 0.1) is 0 Å². The molecule has 0 amide bonds. The van der Waals surface area contributed by atoms with Crippen molar-refractivity contribution in [3.05, 3.63) is 11.5 Å². The predicted octanol–water partition coefficient (Wildman–Crippen LogP) is -0.163. The van der Waals surface area contributed by atoms with Gasteiger partial charge in [-0.05, 0) is 0 Å². The molecule has 0 bridgehead atoms. The van der Waals surface area contributed by atoms with Crippen LogP contribution in [0.3, 0.4) is 0 Å². The van der Waals surface area contributed by atoms with Crippen molar-refractivity contribution in [2.24, 2.45) is 5.73 Å². The maximum atomic E-state index is 5.69. The van der Waals surface area contributed by atoms with Gasteiger partial charge in [0.25, 0.3) is 0 Å². The van der Waals surface area contributed by atoms with Crippen LogP contribution in [0.1, 0.15) is 0 Å². The van der Waals surface area contributed by atoms with Crippen molar-refractivity contribution >= 4 is 29.1 Å². The second-order valence-electron chi connectivity index (χ2n) is 1.99. The van der Waals surface area contributed by atoms with E-state index < -0.39 is 0 Å². The Hall–Kier alpha value is -1.36. The summed E-state index contributed by atoms with van der Waals surface area (Å²) in [6.07, 6.45) is 1.34. The molecular formula is C5H4ClN5+. The molecule has 2 rings (SSSR count). The van der Waals surface area contributed by atoms with Gasteiger partial charge in [-0.2, -0.15) is 0 Å². The molecule has 0 aliphatic carbocycles. The molecule has 0 atom stereocenters. The molecule has 1 aromatic heterocycles. The fourth-order valence-corrected chi connectivity index (χ4v) is 0.993. The summed E-state index contributed by atoms with van der Waals surface area (Å²) in [5, 5.41) is 3.07. The highest BCUT2D eigenvalue weighted by Gasteiger charge is 2.24. The first-order chi connectivity index (χ1) is 5.27. The lowest BCUT2D eigenvalue weighted by atomic mass is 10.5. The molecule has 0 fully saturated rings. The van der Waals surface area contributed by atoms with E-state index in [1.165, 1.54) is 6.33 Å². The lowest BCUT2D eigenvalue weighted by molar-refractivity contribution is 1.14. The van der Waals surface area contributed by atoms with Gasteiger partial charge in [0.1, 0.15) is 0 Å². The smallest absolute Gasteiger partial charge is 0.308 e. The van der Waals surface area contributed by atoms with Crippen molar-refractivity contribution in [1.29, 1.82) is 0 Å². The van der Waals surface area contributed by atoms with Crippen molar-refractivity contribution in [3.63, 3.8) is 0 Å². The average molecular weight is 170 g/mol. The molecule has 5 nitrogen and oxygen atoms in total. The van der Waals surface area contributed by atoms with Crippen LogP contribution in [0.5, 0.6) is 0 Å². The third-order valence-corrected chi connectivity index (χ3v) is 1.55. The van der Waals surface area contributed by atoms with E-state index in [1.54, 1.807) is 0 Å². The number of hydrogen-bond acceptors (Lipinski definition) is 5. The first kappa shape index (κ1) is 6.36. The van der Waals surface area contributed by atoms with Gasteiger partial charge in [-0.25, -0.2) is 4.98 Å². The molecule has 1 aliphatic heterocycles. The summed E-state index contributed by atoms with van der Waals surface area (Å²) in [5.74, 6) is 0.782. The summed E-state index contributed by atoms with van der Waals surface area (Å²) in [5.41, 5.74) is 5.94. The number of nitrogens with zero attached hydrogens (tertiary/aromatic N) is 3. The monoisotopic (exact) mass is 169 g/mol. The number of aromatic nitrogens is 2. The summed E-state index contributed by atoms with van der Waals surface area (Å²) in [7, 11) is 0. The third kappa shape index (κ3) is 0.894. The van der Waals surface area contributed by atoms with Crippen LogP contribution in [0.25, 0.3) is 0 Å². The number of anilines is 1. The second kappa shape index (κ2) is 2.06. The van der Waals surface area contributed by atoms with Crippen LogP contribution in [-0.2, 0) is 0 Å². The zero-order valence-corrected chi connectivity index (χ0v) is 6.13. The molecule has 0 unspecified atom stereocenters. The van der Waals surface area contributed by atoms with Gasteiger partial charge in [0.15, 0.2) is 17.2 Å². The van der Waals surface area contributed by atoms with E-state index >= 15 is 0 Å². The Morgan fingerprint density at radius 1 is 1.55 bits per heavy atom. The van der Waals surface area contributed by atoms with E-state index in [0.29, 0.717) is 22.6 Å². The molecule has 0 saturated heterocycles. The fraction of sp³-hybridized carbons (Fsp3) is 0. The Bertz CT molecular complexity index is 334. The van der Waals surface area contributed by atoms with Crippen LogP contribution in [0.15, 0.2) is 6.33 Å². The van der Waals surface area contributed by atoms with Crippen LogP contribution < -0.4 is 16.0 Å². The highest BCUT2D eigenvalue weighted by atomic mass is 35.5. The molecular weight excluding hydrogens is 166 g/mol. The summed E-state index contributed by atoms with van der Waals surface area (Å²) < 4.78 is 0. The van der Waals surface area contributed by atoms with Gasteiger partial charge >= 0.3 is 11.8 Å². The largest absolute Gasteiger partial charge is 0.343 e. The number of hydrogen-bond donors (Lipinski definition) is 2. The summed E-state index contributed by atoms with van der Waals surface area (Å²) in [6.45, 7) is 0. The van der Waals surface area contributed by atoms with Crippen molar-refractivity contribution < 1.29 is 0 Å². The maximum absolute atomic E-state index is 5.69. The molecule has 1 radical (unpaired) electrons. The normalized spacial score (nSPS) is 13.7. The molecule has 55 valence electrons. The number of guanidine groups is 1. The van der Waals surface area contributed by atoms with Crippen molar-refractivity contribution in [3.8, 4) is 0 Å². The number of halogens is 1. The predicted molar refractivity (Wildman–Crippen MR) is 41.7 cm³/mol. The molecule has 11 heavy (non-hydrogen) atoms. The SMILES string of the molecule is NC1=[N+]c2ncnc(Cl)c2N1. The molecule has 3 N–H and O–H groups in total. The zero-order chi connectivity index (χ0) is 7.84. The second-order valence-corrected chi connectivity index (χ2v) is 2.34. The summed E-state index contributed by atoms with van der Waals surface area (Å²) in [6, 6.07) is 0. The number of fused-ring (bicyclic) bond motifs is 1. The zero-order valence-electron chi connectivity index (χ0n) is 5.37. The lowest BCUT2D eigenvalue weighted by Crippen LogP contribution is -2.21. The van der Waals surface area contributed by atoms with Gasteiger partial charge in [-0.15, -0.1) is 4.98 Å². The fourth-order valence-electron chi connectivity index (χ4n) is 0.818. The Balaban J connectivity index is 2.59. The van der Waals surface area contributed by atoms with E-state index in [0.717, 1.165) is 0 Å². The van der Waals surface area contributed by atoms with Gasteiger partial charge in [0, 0.05) is 0 Å². The highest BCUT2D eigenvalue weighted by Crippen LogP contribution is 2.27. The number of nitrogens with one attached hydrogen (secondary N) is 1. The Kier molecular flexibility index (Phi) is 1.19. The van der Waals surface area contributed by atoms with Crippen LogP contribution >= 0.6 is 11.6 Å². The highest BCUT2D eigenvalue weighted by molar-refractivity contribution is 6.33. The molecule has 6 heteroatoms. The van der Waals surface area contributed by atoms with E-state index in [2.05, 4.69) is 20.3 Å². The standard InChI is InChI=1S/C5H4ClN5/c6-3-2-4(9-1-8-3)11-5(7)10-2/h1,10H,7H2/q+1. The van der Waals surface area contributed by atoms with Crippen LogP contribution in [-0.4, -0.2) is 15.9 Å². The van der Waals surface area contributed by atoms with Gasteiger partial charge in [-0.3, -0.25) is 5.32 Å². The minimum atomic E-state index is 0.294. The van der Waals surface area contributed by atoms with Crippen LogP contribution in [0.4, 0.5) is 11.5 Å². The summed E-state index contributed by atoms with van der Waals surface area (Å²) >= 11 is 5.69. The van der Waals surface area contributed by atoms with Crippen LogP contribution in [0.2, 0.25) is 5.15 Å². The maximum Gasteiger partial charge on any atom is 0.343 e. The van der Waals surface area contributed by atoms with Gasteiger partial charge in [-0.1, -0.05) is 16.6 Å². The first-order valence-electron chi connectivity index (χ1n) is 2.89. The van der Waals surface area contributed by atoms with Crippen molar-refractivity contribution in [1.82, 2.24) is 15.0 Å². The number of rotatable bonds is 0. The van der Waals surface area contributed by atoms with Gasteiger partial charge in [0.2, 0.25) is 0 Å². The average Bonchev–Trinajstić information content (AvgIpc) is 2.31. The third-order valence-electron chi connectivity index (χ3n) is 1.26. The summed E-state index contributed by atoms with van der Waals surface area (Å²) in [4.78, 5) is 11.5. The first-order valence-corrected chi connectivity index (χ1v) is 3.27. The Morgan fingerprint density at radius 2 is 2.36 bits per heavy atom. The molecule has 2 heterocycles. The molecule has 0 saturated carbocycles. The van der Waals surface area contributed by atoms with Crippen molar-refractivity contribution in [2.75, 3.05) is 5.32 Å². The topological polar surface area (TPSA) is 77.9 Å². The Morgan fingerprint density at radius 3 is 3.09 bits per heavy atom. The lowest BCUT2D eigenvalue weighted by Gasteiger charge is -1.91. The minimum absolute atomic E-state index is 0.294. The molecule has 1 aromatic rings. The van der Waals surface area contributed by atoms with E-state index in [4.69, 9.17) is 17.3 Å². The molecule has 0 spiro atoms. The van der Waals surface area contributed by atoms with E-state index in [9.17, 15) is 0 Å². The molecule has 0 aromatic carbocycles. The number of nitrogens with two attached hydrogens (primary N) is 1. The quantitative estimate of drug-likeness (QED) is 0.529. The van der Waals surface area contributed by atoms with E-state index in [-0.39, 0.29) is 0 Å². The van der Waals surface area contributed by atoms with Crippen LogP contribution in [0, 0.1) is 0 Å². The van der Waals surface area contributed by atoms with Gasteiger partial charge < -0.3 is 5.73 Å². The molecule has 1 aliphatic rings. The van der Waals surface area contributed by atoms with E-state index in [1.807, 2.05) is 0 Å². The number of aliphatic imine (C=N–C) groups is 1. The minimum Gasteiger partial charge on any atom is -0.308 e. The van der Waals surface area contributed by atoms with Crippen molar-refractivity contribution in [2.45, 2.75) is 0 Å².